The third-order valence-electron chi connectivity index (χ3n) is 2.68. The summed E-state index contributed by atoms with van der Waals surface area (Å²) in [6.07, 6.45) is 1.75. The van der Waals surface area contributed by atoms with E-state index in [9.17, 15) is 8.42 Å². The second kappa shape index (κ2) is 6.13. The molecule has 0 atom stereocenters. The maximum Gasteiger partial charge on any atom is 0.299 e. The first kappa shape index (κ1) is 14.7. The summed E-state index contributed by atoms with van der Waals surface area (Å²) in [6, 6.07) is 5.07. The molecule has 0 spiro atoms. The van der Waals surface area contributed by atoms with E-state index >= 15 is 0 Å². The van der Waals surface area contributed by atoms with E-state index in [-0.39, 0.29) is 12.6 Å². The molecular weight excluding hydrogens is 278 g/mol. The van der Waals surface area contributed by atoms with Crippen molar-refractivity contribution in [2.75, 3.05) is 18.4 Å². The van der Waals surface area contributed by atoms with E-state index in [4.69, 9.17) is 10.5 Å². The summed E-state index contributed by atoms with van der Waals surface area (Å²) in [6.45, 7) is 0.246. The lowest BCUT2D eigenvalue weighted by Crippen LogP contribution is -2.31. The predicted molar refractivity (Wildman–Crippen MR) is 77.6 cm³/mol. The Hall–Kier alpha value is -1.75. The number of hydrogen-bond acceptors (Lipinski definition) is 4. The Labute approximate surface area is 118 Å². The highest BCUT2D eigenvalue weighted by atomic mass is 32.2. The molecule has 0 aliphatic heterocycles. The van der Waals surface area contributed by atoms with Crippen LogP contribution in [0.2, 0.25) is 0 Å². The van der Waals surface area contributed by atoms with Gasteiger partial charge in [0.05, 0.1) is 19.3 Å². The molecule has 1 saturated carbocycles. The largest absolute Gasteiger partial charge is 0.495 e. The van der Waals surface area contributed by atoms with Crippen LogP contribution in [0, 0.1) is 11.8 Å². The summed E-state index contributed by atoms with van der Waals surface area (Å²) in [7, 11) is -2.12. The van der Waals surface area contributed by atoms with Gasteiger partial charge in [-0.1, -0.05) is 11.8 Å². The Bertz CT molecular complexity index is 643. The minimum atomic E-state index is -3.59. The van der Waals surface area contributed by atoms with Crippen molar-refractivity contribution < 1.29 is 13.2 Å². The zero-order valence-corrected chi connectivity index (χ0v) is 12.0. The van der Waals surface area contributed by atoms with Gasteiger partial charge >= 0.3 is 0 Å². The highest BCUT2D eigenvalue weighted by Crippen LogP contribution is 2.27. The minimum absolute atomic E-state index is 0.0405. The minimum Gasteiger partial charge on any atom is -0.495 e. The third kappa shape index (κ3) is 4.13. The zero-order valence-electron chi connectivity index (χ0n) is 11.1. The molecule has 4 N–H and O–H groups in total. The van der Waals surface area contributed by atoms with Crippen LogP contribution in [0.3, 0.4) is 0 Å². The first-order valence-electron chi connectivity index (χ1n) is 6.21. The Morgan fingerprint density at radius 1 is 1.45 bits per heavy atom. The SMILES string of the molecule is COc1ccc(C#CCN)cc1NS(=O)(=O)NC1CC1. The van der Waals surface area contributed by atoms with E-state index in [0.29, 0.717) is 17.0 Å². The van der Waals surface area contributed by atoms with Crippen molar-refractivity contribution >= 4 is 15.9 Å². The number of nitrogens with one attached hydrogen (secondary N) is 2. The molecule has 2 rings (SSSR count). The Balaban J connectivity index is 2.23. The Morgan fingerprint density at radius 2 is 2.20 bits per heavy atom. The number of rotatable bonds is 5. The highest BCUT2D eigenvalue weighted by molar-refractivity contribution is 7.90. The average molecular weight is 295 g/mol. The molecule has 0 amide bonds. The van der Waals surface area contributed by atoms with Gasteiger partial charge in [-0.2, -0.15) is 13.1 Å². The van der Waals surface area contributed by atoms with Crippen LogP contribution in [0.25, 0.3) is 0 Å². The number of methoxy groups -OCH3 is 1. The zero-order chi connectivity index (χ0) is 14.6. The molecule has 0 radical (unpaired) electrons. The van der Waals surface area contributed by atoms with Crippen LogP contribution in [-0.2, 0) is 10.2 Å². The van der Waals surface area contributed by atoms with Crippen LogP contribution >= 0.6 is 0 Å². The van der Waals surface area contributed by atoms with E-state index in [0.717, 1.165) is 12.8 Å². The van der Waals surface area contributed by atoms with Crippen LogP contribution in [-0.4, -0.2) is 28.1 Å². The molecule has 108 valence electrons. The van der Waals surface area contributed by atoms with Crippen molar-refractivity contribution in [3.63, 3.8) is 0 Å². The van der Waals surface area contributed by atoms with Crippen LogP contribution in [0.4, 0.5) is 5.69 Å². The van der Waals surface area contributed by atoms with E-state index < -0.39 is 10.2 Å². The number of hydrogen-bond donors (Lipinski definition) is 3. The predicted octanol–water partition coefficient (Wildman–Crippen LogP) is 0.414. The fourth-order valence-electron chi connectivity index (χ4n) is 1.61. The second-order valence-electron chi connectivity index (χ2n) is 4.42. The van der Waals surface area contributed by atoms with Gasteiger partial charge in [0.15, 0.2) is 0 Å². The molecule has 1 aliphatic carbocycles. The van der Waals surface area contributed by atoms with Gasteiger partial charge in [-0.25, -0.2) is 0 Å². The van der Waals surface area contributed by atoms with E-state index in [1.54, 1.807) is 18.2 Å². The van der Waals surface area contributed by atoms with Gasteiger partial charge in [-0.05, 0) is 31.0 Å². The highest BCUT2D eigenvalue weighted by Gasteiger charge is 2.27. The molecule has 1 aliphatic rings. The maximum atomic E-state index is 11.9. The smallest absolute Gasteiger partial charge is 0.299 e. The van der Waals surface area contributed by atoms with Gasteiger partial charge in [0.2, 0.25) is 0 Å². The van der Waals surface area contributed by atoms with Crippen molar-refractivity contribution in [2.45, 2.75) is 18.9 Å². The molecule has 7 heteroatoms. The Morgan fingerprint density at radius 3 is 2.80 bits per heavy atom. The fraction of sp³-hybridized carbons (Fsp3) is 0.385. The van der Waals surface area contributed by atoms with Crippen molar-refractivity contribution in [1.29, 1.82) is 0 Å². The Kier molecular flexibility index (Phi) is 4.49. The lowest BCUT2D eigenvalue weighted by atomic mass is 10.2. The molecule has 0 unspecified atom stereocenters. The lowest BCUT2D eigenvalue weighted by Gasteiger charge is -2.12. The number of anilines is 1. The average Bonchev–Trinajstić information content (AvgIpc) is 3.19. The monoisotopic (exact) mass is 295 g/mol. The molecule has 20 heavy (non-hydrogen) atoms. The summed E-state index contributed by atoms with van der Waals surface area (Å²) in [4.78, 5) is 0. The van der Waals surface area contributed by atoms with Gasteiger partial charge in [0.25, 0.3) is 10.2 Å². The molecule has 0 aromatic heterocycles. The summed E-state index contributed by atoms with van der Waals surface area (Å²) in [5.74, 6) is 6.00. The lowest BCUT2D eigenvalue weighted by molar-refractivity contribution is 0.417. The molecule has 1 aromatic carbocycles. The van der Waals surface area contributed by atoms with Crippen molar-refractivity contribution in [1.82, 2.24) is 4.72 Å². The summed E-state index contributed by atoms with van der Waals surface area (Å²) in [5.41, 5.74) is 6.33. The topological polar surface area (TPSA) is 93.4 Å². The van der Waals surface area contributed by atoms with Crippen LogP contribution in [0.15, 0.2) is 18.2 Å². The van der Waals surface area contributed by atoms with Crippen molar-refractivity contribution in [3.8, 4) is 17.6 Å². The van der Waals surface area contributed by atoms with Gasteiger partial charge in [0, 0.05) is 11.6 Å². The number of ether oxygens (including phenoxy) is 1. The molecule has 0 saturated heterocycles. The van der Waals surface area contributed by atoms with E-state index in [1.807, 2.05) is 0 Å². The van der Waals surface area contributed by atoms with Crippen molar-refractivity contribution in [3.05, 3.63) is 23.8 Å². The standard InChI is InChI=1S/C13H17N3O3S/c1-19-13-7-4-10(3-2-8-14)9-12(13)16-20(17,18)15-11-5-6-11/h4,7,9,11,15-16H,5-6,8,14H2,1H3. The molecule has 6 nitrogen and oxygen atoms in total. The second-order valence-corrected chi connectivity index (χ2v) is 5.87. The van der Waals surface area contributed by atoms with Gasteiger partial charge in [0.1, 0.15) is 5.75 Å². The first-order chi connectivity index (χ1) is 9.54. The molecule has 0 bridgehead atoms. The normalized spacial score (nSPS) is 14.3. The number of benzene rings is 1. The summed E-state index contributed by atoms with van der Waals surface area (Å²) >= 11 is 0. The summed E-state index contributed by atoms with van der Waals surface area (Å²) < 4.78 is 34.0. The summed E-state index contributed by atoms with van der Waals surface area (Å²) in [5, 5.41) is 0. The van der Waals surface area contributed by atoms with Crippen LogP contribution < -0.4 is 19.9 Å². The molecular formula is C13H17N3O3S. The van der Waals surface area contributed by atoms with E-state index in [2.05, 4.69) is 21.3 Å². The maximum absolute atomic E-state index is 11.9. The van der Waals surface area contributed by atoms with Crippen molar-refractivity contribution in [2.24, 2.45) is 5.73 Å². The van der Waals surface area contributed by atoms with Gasteiger partial charge in [-0.3, -0.25) is 4.72 Å². The van der Waals surface area contributed by atoms with Crippen LogP contribution in [0.5, 0.6) is 5.75 Å². The van der Waals surface area contributed by atoms with Gasteiger partial charge in [-0.15, -0.1) is 0 Å². The quantitative estimate of drug-likeness (QED) is 0.686. The third-order valence-corrected chi connectivity index (χ3v) is 3.81. The molecule has 0 heterocycles. The van der Waals surface area contributed by atoms with Crippen LogP contribution in [0.1, 0.15) is 18.4 Å². The molecule has 1 fully saturated rings. The van der Waals surface area contributed by atoms with Gasteiger partial charge < -0.3 is 10.5 Å². The first-order valence-corrected chi connectivity index (χ1v) is 7.69. The number of nitrogens with two attached hydrogens (primary N) is 1. The molecule has 1 aromatic rings. The fourth-order valence-corrected chi connectivity index (χ4v) is 2.80. The van der Waals surface area contributed by atoms with E-state index in [1.165, 1.54) is 7.11 Å².